The number of benzene rings is 1. The molecule has 1 heterocycles. The summed E-state index contributed by atoms with van der Waals surface area (Å²) in [5.74, 6) is -0.395. The highest BCUT2D eigenvalue weighted by Gasteiger charge is 2.26. The van der Waals surface area contributed by atoms with Gasteiger partial charge in [0.1, 0.15) is 11.7 Å². The molecule has 0 saturated heterocycles. The van der Waals surface area contributed by atoms with Gasteiger partial charge in [0.25, 0.3) is 0 Å². The zero-order valence-electron chi connectivity index (χ0n) is 8.49. The van der Waals surface area contributed by atoms with Crippen LogP contribution in [0, 0.1) is 11.3 Å². The minimum atomic E-state index is -5.06. The summed E-state index contributed by atoms with van der Waals surface area (Å²) in [7, 11) is 0. The van der Waals surface area contributed by atoms with E-state index in [1.807, 2.05) is 0 Å². The zero-order chi connectivity index (χ0) is 12.5. The first-order valence-corrected chi connectivity index (χ1v) is 4.76. The van der Waals surface area contributed by atoms with Crippen molar-refractivity contribution in [3.05, 3.63) is 30.0 Å². The molecule has 88 valence electrons. The second-order valence-electron chi connectivity index (χ2n) is 3.39. The lowest BCUT2D eigenvalue weighted by atomic mass is 9.95. The van der Waals surface area contributed by atoms with E-state index in [1.165, 1.54) is 0 Å². The van der Waals surface area contributed by atoms with Crippen molar-refractivity contribution < 1.29 is 22.1 Å². The largest absolute Gasteiger partial charge is 0.518 e. The summed E-state index contributed by atoms with van der Waals surface area (Å²) in [6.45, 7) is -6.45. The molecule has 0 aliphatic carbocycles. The van der Waals surface area contributed by atoms with Gasteiger partial charge in [-0.05, 0) is 12.1 Å². The van der Waals surface area contributed by atoms with Gasteiger partial charge in [-0.3, -0.25) is 0 Å². The molecule has 0 aliphatic rings. The van der Waals surface area contributed by atoms with Crippen LogP contribution >= 0.6 is 0 Å². The Hall–Kier alpha value is -2.10. The van der Waals surface area contributed by atoms with Crippen molar-refractivity contribution in [2.45, 2.75) is 0 Å². The highest BCUT2D eigenvalue weighted by Crippen LogP contribution is 2.33. The Kier molecular flexibility index (Phi) is 2.72. The Balaban J connectivity index is 2.41. The van der Waals surface area contributed by atoms with Gasteiger partial charge in [0.2, 0.25) is 5.76 Å². The summed E-state index contributed by atoms with van der Waals surface area (Å²) in [6, 6.07) is 8.05. The normalized spacial score (nSPS) is 11.4. The first-order valence-electron chi connectivity index (χ1n) is 4.76. The van der Waals surface area contributed by atoms with Crippen LogP contribution in [0.15, 0.2) is 28.7 Å². The molecular formula is C10H6BF3NO2-. The lowest BCUT2D eigenvalue weighted by Crippen LogP contribution is -2.26. The molecule has 0 spiro atoms. The van der Waals surface area contributed by atoms with E-state index in [0.717, 1.165) is 0 Å². The van der Waals surface area contributed by atoms with Gasteiger partial charge in [-0.15, -0.1) is 0 Å². The molecule has 3 nitrogen and oxygen atoms in total. The minimum absolute atomic E-state index is 0.151. The summed E-state index contributed by atoms with van der Waals surface area (Å²) in [5.41, 5.74) is 0.328. The number of nitrogens with zero attached hydrogens (tertiary/aromatic N) is 1. The van der Waals surface area contributed by atoms with Gasteiger partial charge in [0, 0.05) is 0 Å². The number of halogens is 3. The fourth-order valence-electron chi connectivity index (χ4n) is 1.42. The Labute approximate surface area is 94.4 Å². The number of fused-ring (bicyclic) bond motifs is 1. The smallest absolute Gasteiger partial charge is 0.515 e. The van der Waals surface area contributed by atoms with Crippen LogP contribution in [0.5, 0.6) is 5.75 Å². The third kappa shape index (κ3) is 2.36. The van der Waals surface area contributed by atoms with E-state index < -0.39 is 13.5 Å². The van der Waals surface area contributed by atoms with Crippen molar-refractivity contribution in [2.75, 3.05) is 6.51 Å². The number of hydrogen-bond donors (Lipinski definition) is 0. The van der Waals surface area contributed by atoms with Crippen molar-refractivity contribution in [3.8, 4) is 11.8 Å². The maximum atomic E-state index is 12.1. The lowest BCUT2D eigenvalue weighted by Gasteiger charge is -2.14. The maximum Gasteiger partial charge on any atom is 0.515 e. The quantitative estimate of drug-likeness (QED) is 0.774. The van der Waals surface area contributed by atoms with E-state index in [2.05, 4.69) is 4.74 Å². The van der Waals surface area contributed by atoms with Crippen LogP contribution in [0.4, 0.5) is 12.9 Å². The number of hydrogen-bond acceptors (Lipinski definition) is 3. The van der Waals surface area contributed by atoms with Crippen molar-refractivity contribution in [1.29, 1.82) is 5.26 Å². The van der Waals surface area contributed by atoms with Crippen LogP contribution in [0.3, 0.4) is 0 Å². The molecule has 2 aromatic rings. The Bertz CT molecular complexity index is 585. The second kappa shape index (κ2) is 4.05. The molecule has 0 unspecified atom stereocenters. The van der Waals surface area contributed by atoms with Gasteiger partial charge in [0.05, 0.1) is 11.9 Å². The van der Waals surface area contributed by atoms with Gasteiger partial charge >= 0.3 is 6.98 Å². The van der Waals surface area contributed by atoms with Crippen LogP contribution in [0.25, 0.3) is 11.0 Å². The standard InChI is InChI=1S/C10H6BF3NO2/c12-11(13,14)6-16-10-7-3-1-2-4-8(7)17-9(10)5-15/h1-4H,6H2/q-1. The molecule has 0 saturated carbocycles. The van der Waals surface area contributed by atoms with Crippen LogP contribution in [0.2, 0.25) is 0 Å². The zero-order valence-corrected chi connectivity index (χ0v) is 8.49. The van der Waals surface area contributed by atoms with Crippen molar-refractivity contribution in [3.63, 3.8) is 0 Å². The summed E-state index contributed by atoms with van der Waals surface area (Å²) >= 11 is 0. The molecule has 0 N–H and O–H groups in total. The van der Waals surface area contributed by atoms with Crippen LogP contribution in [-0.2, 0) is 0 Å². The molecule has 1 aromatic heterocycles. The van der Waals surface area contributed by atoms with Gasteiger partial charge in [-0.2, -0.15) is 5.26 Å². The van der Waals surface area contributed by atoms with Crippen LogP contribution in [0.1, 0.15) is 5.76 Å². The summed E-state index contributed by atoms with van der Waals surface area (Å²) in [5, 5.41) is 9.11. The molecule has 7 heteroatoms. The van der Waals surface area contributed by atoms with E-state index in [-0.39, 0.29) is 11.5 Å². The molecule has 0 fully saturated rings. The van der Waals surface area contributed by atoms with E-state index in [0.29, 0.717) is 11.0 Å². The Morgan fingerprint density at radius 3 is 2.65 bits per heavy atom. The van der Waals surface area contributed by atoms with Crippen molar-refractivity contribution in [1.82, 2.24) is 0 Å². The molecule has 0 radical (unpaired) electrons. The van der Waals surface area contributed by atoms with Gasteiger partial charge < -0.3 is 22.1 Å². The first-order chi connectivity index (χ1) is 8.01. The lowest BCUT2D eigenvalue weighted by molar-refractivity contribution is 0.311. The fraction of sp³-hybridized carbons (Fsp3) is 0.100. The number of furan rings is 1. The van der Waals surface area contributed by atoms with E-state index in [1.54, 1.807) is 30.3 Å². The van der Waals surface area contributed by atoms with Crippen molar-refractivity contribution >= 4 is 17.9 Å². The molecule has 2 rings (SSSR count). The monoisotopic (exact) mass is 240 g/mol. The number of rotatable bonds is 3. The predicted octanol–water partition coefficient (Wildman–Crippen LogP) is 3.07. The number of para-hydroxylation sites is 1. The number of nitriles is 1. The van der Waals surface area contributed by atoms with Gasteiger partial charge in [-0.1, -0.05) is 12.1 Å². The molecule has 1 aromatic carbocycles. The summed E-state index contributed by atoms with van der Waals surface area (Å²) in [6.07, 6.45) is 0. The first kappa shape index (κ1) is 11.4. The molecular weight excluding hydrogens is 234 g/mol. The summed E-state index contributed by atoms with van der Waals surface area (Å²) in [4.78, 5) is 0. The topological polar surface area (TPSA) is 46.2 Å². The van der Waals surface area contributed by atoms with Gasteiger partial charge in [-0.25, -0.2) is 0 Å². The molecule has 0 aliphatic heterocycles. The van der Waals surface area contributed by atoms with Crippen LogP contribution < -0.4 is 4.74 Å². The van der Waals surface area contributed by atoms with E-state index in [9.17, 15) is 12.9 Å². The van der Waals surface area contributed by atoms with E-state index in [4.69, 9.17) is 9.68 Å². The average Bonchev–Trinajstić information content (AvgIpc) is 2.63. The molecule has 17 heavy (non-hydrogen) atoms. The fourth-order valence-corrected chi connectivity index (χ4v) is 1.42. The third-order valence-corrected chi connectivity index (χ3v) is 2.07. The highest BCUT2D eigenvalue weighted by atomic mass is 19.4. The molecule has 0 atom stereocenters. The van der Waals surface area contributed by atoms with Crippen LogP contribution in [-0.4, -0.2) is 13.5 Å². The summed E-state index contributed by atoms with van der Waals surface area (Å²) < 4.78 is 46.0. The maximum absolute atomic E-state index is 12.1. The highest BCUT2D eigenvalue weighted by molar-refractivity contribution is 6.58. The Morgan fingerprint density at radius 1 is 1.29 bits per heavy atom. The SMILES string of the molecule is N#Cc1oc2ccccc2c1OC[B-](F)(F)F. The Morgan fingerprint density at radius 2 is 2.00 bits per heavy atom. The molecule has 0 bridgehead atoms. The second-order valence-corrected chi connectivity index (χ2v) is 3.39. The molecule has 0 amide bonds. The average molecular weight is 240 g/mol. The van der Waals surface area contributed by atoms with Gasteiger partial charge in [0.15, 0.2) is 5.75 Å². The van der Waals surface area contributed by atoms with E-state index >= 15 is 0 Å². The third-order valence-electron chi connectivity index (χ3n) is 2.07. The van der Waals surface area contributed by atoms with Crippen molar-refractivity contribution in [2.24, 2.45) is 0 Å². The number of ether oxygens (including phenoxy) is 1. The predicted molar refractivity (Wildman–Crippen MR) is 55.5 cm³/mol. The minimum Gasteiger partial charge on any atom is -0.518 e.